The number of aliphatic imine (C=N–C) groups is 1. The van der Waals surface area contributed by atoms with Crippen LogP contribution in [0, 0.1) is 5.41 Å². The fourth-order valence-corrected chi connectivity index (χ4v) is 6.25. The second kappa shape index (κ2) is 8.51. The fraction of sp³-hybridized carbons (Fsp3) is 0.269. The van der Waals surface area contributed by atoms with Gasteiger partial charge in [0, 0.05) is 5.56 Å². The van der Waals surface area contributed by atoms with Gasteiger partial charge in [-0.2, -0.15) is 0 Å². The molecule has 3 heteroatoms. The first-order chi connectivity index (χ1) is 14.0. The molecular formula is C26H28NOP. The molecule has 3 aromatic carbocycles. The highest BCUT2D eigenvalue weighted by molar-refractivity contribution is 7.80. The Bertz CT molecular complexity index is 937. The van der Waals surface area contributed by atoms with Gasteiger partial charge in [-0.1, -0.05) is 99.6 Å². The highest BCUT2D eigenvalue weighted by Crippen LogP contribution is 2.35. The topological polar surface area (TPSA) is 21.6 Å². The lowest BCUT2D eigenvalue weighted by Gasteiger charge is -2.22. The lowest BCUT2D eigenvalue weighted by atomic mass is 9.89. The molecule has 0 bridgehead atoms. The molecule has 0 N–H and O–H groups in total. The molecule has 0 saturated carbocycles. The van der Waals surface area contributed by atoms with Gasteiger partial charge in [0.2, 0.25) is 5.90 Å². The Kier molecular flexibility index (Phi) is 5.83. The molecule has 148 valence electrons. The second-order valence-electron chi connectivity index (χ2n) is 8.69. The fourth-order valence-electron chi connectivity index (χ4n) is 3.81. The van der Waals surface area contributed by atoms with E-state index in [-0.39, 0.29) is 11.5 Å². The third-order valence-electron chi connectivity index (χ3n) is 4.96. The number of nitrogens with zero attached hydrogens (tertiary/aromatic N) is 1. The van der Waals surface area contributed by atoms with E-state index in [4.69, 9.17) is 9.73 Å². The van der Waals surface area contributed by atoms with Crippen LogP contribution in [0.3, 0.4) is 0 Å². The van der Waals surface area contributed by atoms with E-state index in [9.17, 15) is 0 Å². The van der Waals surface area contributed by atoms with Crippen LogP contribution in [-0.2, 0) is 4.74 Å². The molecule has 1 heterocycles. The summed E-state index contributed by atoms with van der Waals surface area (Å²) in [5.74, 6) is 0.800. The molecule has 2 nitrogen and oxygen atoms in total. The molecule has 3 aromatic rings. The Balaban J connectivity index is 1.77. The predicted molar refractivity (Wildman–Crippen MR) is 125 cm³/mol. The summed E-state index contributed by atoms with van der Waals surface area (Å²) in [6, 6.07) is 30.4. The molecule has 0 aliphatic carbocycles. The van der Waals surface area contributed by atoms with Crippen molar-refractivity contribution in [3.63, 3.8) is 0 Å². The van der Waals surface area contributed by atoms with E-state index in [1.165, 1.54) is 15.9 Å². The van der Waals surface area contributed by atoms with Crippen LogP contribution in [-0.4, -0.2) is 18.5 Å². The van der Waals surface area contributed by atoms with E-state index in [1.54, 1.807) is 0 Å². The molecular weight excluding hydrogens is 373 g/mol. The van der Waals surface area contributed by atoms with Crippen molar-refractivity contribution in [1.29, 1.82) is 0 Å². The number of ether oxygens (including phenoxy) is 1. The predicted octanol–water partition coefficient (Wildman–Crippen LogP) is 5.03. The Morgan fingerprint density at radius 3 is 1.97 bits per heavy atom. The SMILES string of the molecule is CC(C)(C)C[C@H]1COC(c2ccccc2P(c2ccccc2)c2ccccc2)=N1. The minimum atomic E-state index is -0.685. The zero-order valence-corrected chi connectivity index (χ0v) is 18.3. The summed E-state index contributed by atoms with van der Waals surface area (Å²) < 4.78 is 6.12. The standard InChI is InChI=1S/C26H28NOP/c1-26(2,3)18-20-19-28-25(27-20)23-16-10-11-17-24(23)29(21-12-6-4-7-13-21)22-14-8-5-9-15-22/h4-17,20H,18-19H2,1-3H3/t20-/m0/s1. The van der Waals surface area contributed by atoms with Crippen molar-refractivity contribution < 1.29 is 4.74 Å². The molecule has 0 unspecified atom stereocenters. The third-order valence-corrected chi connectivity index (χ3v) is 7.47. The first kappa shape index (κ1) is 19.9. The Hall–Kier alpha value is -2.44. The quantitative estimate of drug-likeness (QED) is 0.550. The molecule has 0 saturated heterocycles. The highest BCUT2D eigenvalue weighted by Gasteiger charge is 2.28. The summed E-state index contributed by atoms with van der Waals surface area (Å²) in [5.41, 5.74) is 1.37. The van der Waals surface area contributed by atoms with Gasteiger partial charge in [-0.05, 0) is 41.7 Å². The van der Waals surface area contributed by atoms with E-state index < -0.39 is 7.92 Å². The minimum Gasteiger partial charge on any atom is -0.475 e. The van der Waals surface area contributed by atoms with Crippen LogP contribution in [0.25, 0.3) is 0 Å². The van der Waals surface area contributed by atoms with Crippen molar-refractivity contribution in [3.05, 3.63) is 90.5 Å². The van der Waals surface area contributed by atoms with Crippen LogP contribution in [0.1, 0.15) is 32.8 Å². The number of hydrogen-bond acceptors (Lipinski definition) is 2. The van der Waals surface area contributed by atoms with Gasteiger partial charge in [-0.3, -0.25) is 0 Å². The van der Waals surface area contributed by atoms with Gasteiger partial charge in [0.1, 0.15) is 6.61 Å². The molecule has 0 radical (unpaired) electrons. The summed E-state index contributed by atoms with van der Waals surface area (Å²) in [6.45, 7) is 7.46. The van der Waals surface area contributed by atoms with E-state index >= 15 is 0 Å². The van der Waals surface area contributed by atoms with Crippen molar-refractivity contribution in [2.75, 3.05) is 6.61 Å². The van der Waals surface area contributed by atoms with E-state index in [2.05, 4.69) is 106 Å². The summed E-state index contributed by atoms with van der Waals surface area (Å²) in [6.07, 6.45) is 1.03. The molecule has 1 aliphatic heterocycles. The maximum atomic E-state index is 6.12. The van der Waals surface area contributed by atoms with Crippen molar-refractivity contribution >= 4 is 29.7 Å². The molecule has 1 atom stereocenters. The summed E-state index contributed by atoms with van der Waals surface area (Å²) in [7, 11) is -0.685. The van der Waals surface area contributed by atoms with E-state index in [1.807, 2.05) is 0 Å². The Labute approximate surface area is 175 Å². The Morgan fingerprint density at radius 2 is 1.38 bits per heavy atom. The number of hydrogen-bond donors (Lipinski definition) is 0. The number of benzene rings is 3. The average Bonchev–Trinajstić information content (AvgIpc) is 3.17. The third kappa shape index (κ3) is 4.77. The van der Waals surface area contributed by atoms with Crippen LogP contribution in [0.2, 0.25) is 0 Å². The van der Waals surface area contributed by atoms with Gasteiger partial charge in [0.25, 0.3) is 0 Å². The normalized spacial score (nSPS) is 16.6. The molecule has 4 rings (SSSR count). The van der Waals surface area contributed by atoms with Crippen LogP contribution in [0.5, 0.6) is 0 Å². The van der Waals surface area contributed by atoms with Crippen LogP contribution in [0.4, 0.5) is 0 Å². The van der Waals surface area contributed by atoms with Gasteiger partial charge in [0.05, 0.1) is 6.04 Å². The van der Waals surface area contributed by atoms with Gasteiger partial charge in [-0.15, -0.1) is 0 Å². The Morgan fingerprint density at radius 1 is 0.828 bits per heavy atom. The minimum absolute atomic E-state index is 0.234. The second-order valence-corrected chi connectivity index (χ2v) is 10.9. The summed E-state index contributed by atoms with van der Waals surface area (Å²) in [4.78, 5) is 4.98. The van der Waals surface area contributed by atoms with Crippen molar-refractivity contribution in [2.45, 2.75) is 33.2 Å². The number of rotatable bonds is 5. The van der Waals surface area contributed by atoms with Gasteiger partial charge in [-0.25, -0.2) is 4.99 Å². The molecule has 0 fully saturated rings. The monoisotopic (exact) mass is 401 g/mol. The lowest BCUT2D eigenvalue weighted by Crippen LogP contribution is -2.25. The van der Waals surface area contributed by atoms with Gasteiger partial charge < -0.3 is 4.74 Å². The molecule has 1 aliphatic rings. The van der Waals surface area contributed by atoms with Gasteiger partial charge >= 0.3 is 0 Å². The first-order valence-electron chi connectivity index (χ1n) is 10.2. The van der Waals surface area contributed by atoms with E-state index in [0.717, 1.165) is 17.9 Å². The summed E-state index contributed by atoms with van der Waals surface area (Å²) in [5, 5.41) is 3.98. The smallest absolute Gasteiger partial charge is 0.217 e. The molecule has 0 amide bonds. The van der Waals surface area contributed by atoms with Crippen LogP contribution in [0.15, 0.2) is 89.9 Å². The maximum absolute atomic E-state index is 6.12. The van der Waals surface area contributed by atoms with Gasteiger partial charge in [0.15, 0.2) is 0 Å². The van der Waals surface area contributed by atoms with Crippen LogP contribution >= 0.6 is 7.92 Å². The van der Waals surface area contributed by atoms with Crippen molar-refractivity contribution in [1.82, 2.24) is 0 Å². The highest BCUT2D eigenvalue weighted by atomic mass is 31.1. The van der Waals surface area contributed by atoms with Crippen molar-refractivity contribution in [3.8, 4) is 0 Å². The first-order valence-corrected chi connectivity index (χ1v) is 11.6. The molecule has 29 heavy (non-hydrogen) atoms. The van der Waals surface area contributed by atoms with E-state index in [0.29, 0.717) is 6.61 Å². The molecule has 0 aromatic heterocycles. The zero-order chi connectivity index (χ0) is 20.3. The van der Waals surface area contributed by atoms with Crippen LogP contribution < -0.4 is 15.9 Å². The molecule has 0 spiro atoms. The largest absolute Gasteiger partial charge is 0.475 e. The summed E-state index contributed by atoms with van der Waals surface area (Å²) >= 11 is 0. The maximum Gasteiger partial charge on any atom is 0.217 e. The average molecular weight is 401 g/mol. The van der Waals surface area contributed by atoms with Crippen molar-refractivity contribution in [2.24, 2.45) is 10.4 Å². The zero-order valence-electron chi connectivity index (χ0n) is 17.4. The lowest BCUT2D eigenvalue weighted by molar-refractivity contribution is 0.268.